The monoisotopic (exact) mass is 486 g/mol. The van der Waals surface area contributed by atoms with Gasteiger partial charge < -0.3 is 4.90 Å². The zero-order valence-electron chi connectivity index (χ0n) is 20.5. The van der Waals surface area contributed by atoms with Crippen LogP contribution in [-0.2, 0) is 6.42 Å². The van der Waals surface area contributed by atoms with Crippen LogP contribution in [0.15, 0.2) is 12.1 Å². The average molecular weight is 487 g/mol. The van der Waals surface area contributed by atoms with Crippen molar-refractivity contribution in [1.29, 1.82) is 0 Å². The lowest BCUT2D eigenvalue weighted by molar-refractivity contribution is 0.124. The molecule has 0 bridgehead atoms. The van der Waals surface area contributed by atoms with Crippen LogP contribution < -0.4 is 5.43 Å². The third-order valence-corrected chi connectivity index (χ3v) is 11.0. The molecule has 33 heavy (non-hydrogen) atoms. The fourth-order valence-corrected chi connectivity index (χ4v) is 9.08. The summed E-state index contributed by atoms with van der Waals surface area (Å²) >= 11 is 4.14. The number of carbonyl (C=O) groups is 1. The van der Waals surface area contributed by atoms with E-state index < -0.39 is 0 Å². The average Bonchev–Trinajstić information content (AvgIpc) is 3.45. The van der Waals surface area contributed by atoms with E-state index in [4.69, 9.17) is 0 Å². The third-order valence-electron chi connectivity index (χ3n) is 7.85. The lowest BCUT2D eigenvalue weighted by Crippen LogP contribution is -2.47. The first-order chi connectivity index (χ1) is 16.1. The van der Waals surface area contributed by atoms with Crippen LogP contribution in [0.5, 0.6) is 0 Å². The van der Waals surface area contributed by atoms with Gasteiger partial charge in [0.05, 0.1) is 10.1 Å². The molecule has 2 amide bonds. The summed E-state index contributed by atoms with van der Waals surface area (Å²) in [6.07, 6.45) is 4.87. The second-order valence-electron chi connectivity index (χ2n) is 9.62. The number of nitrogens with zero attached hydrogens (tertiary/aromatic N) is 3. The first-order valence-corrected chi connectivity index (χ1v) is 14.9. The number of likely N-dealkylation sites (tertiary alicyclic amines) is 1. The molecule has 2 saturated heterocycles. The van der Waals surface area contributed by atoms with Crippen molar-refractivity contribution >= 4 is 40.5 Å². The summed E-state index contributed by atoms with van der Waals surface area (Å²) in [7, 11) is 0. The van der Waals surface area contributed by atoms with Gasteiger partial charge in [-0.05, 0) is 82.3 Å². The van der Waals surface area contributed by atoms with Gasteiger partial charge in [-0.1, -0.05) is 13.0 Å². The van der Waals surface area contributed by atoms with Crippen molar-refractivity contribution in [1.82, 2.24) is 14.5 Å². The van der Waals surface area contributed by atoms with Gasteiger partial charge in [0.25, 0.3) is 0 Å². The Kier molecular flexibility index (Phi) is 6.92. The van der Waals surface area contributed by atoms with E-state index in [9.17, 15) is 4.79 Å². The van der Waals surface area contributed by atoms with Crippen LogP contribution in [0.2, 0.25) is 0 Å². The number of amides is 2. The largest absolute Gasteiger partial charge is 0.336 e. The number of urea groups is 1. The highest BCUT2D eigenvalue weighted by Crippen LogP contribution is 2.50. The maximum Gasteiger partial charge on any atom is 0.336 e. The molecule has 0 radical (unpaired) electrons. The zero-order valence-corrected chi connectivity index (χ0v) is 22.2. The number of benzene rings is 1. The third kappa shape index (κ3) is 4.08. The van der Waals surface area contributed by atoms with Gasteiger partial charge in [-0.15, -0.1) is 23.5 Å². The Morgan fingerprint density at radius 3 is 2.64 bits per heavy atom. The van der Waals surface area contributed by atoms with Crippen LogP contribution in [0.3, 0.4) is 0 Å². The Morgan fingerprint density at radius 1 is 1.18 bits per heavy atom. The normalized spacial score (nSPS) is 23.2. The molecule has 1 aromatic heterocycles. The standard InChI is InChI=1S/C26H38N4OS2/c1-5-10-29-11-8-9-19-21-14-18(25-32-12-13-33-25)15-23-24(21)20(16-22(19)29)17(4)30(23)27-26(31)28(6-2)7-3/h14-15,19,22,25H,5-13,16H2,1-4H3,(H,27,31)/t19-,22-/m1/s1. The first kappa shape index (κ1) is 23.4. The minimum Gasteiger partial charge on any atom is -0.324 e. The summed E-state index contributed by atoms with van der Waals surface area (Å²) in [5.74, 6) is 3.05. The van der Waals surface area contributed by atoms with Crippen molar-refractivity contribution in [2.45, 2.75) is 69.9 Å². The molecule has 2 fully saturated rings. The number of carbonyl (C=O) groups excluding carboxylic acids is 1. The zero-order chi connectivity index (χ0) is 23.1. The van der Waals surface area contributed by atoms with Crippen LogP contribution in [0.4, 0.5) is 4.79 Å². The first-order valence-electron chi connectivity index (χ1n) is 12.8. The lowest BCUT2D eigenvalue weighted by atomic mass is 9.74. The molecule has 1 aromatic carbocycles. The molecule has 0 spiro atoms. The van der Waals surface area contributed by atoms with Crippen molar-refractivity contribution < 1.29 is 4.79 Å². The molecule has 2 atom stereocenters. The lowest BCUT2D eigenvalue weighted by Gasteiger charge is -2.44. The van der Waals surface area contributed by atoms with Crippen molar-refractivity contribution in [2.24, 2.45) is 0 Å². The maximum absolute atomic E-state index is 13.1. The predicted octanol–water partition coefficient (Wildman–Crippen LogP) is 5.95. The maximum atomic E-state index is 13.1. The summed E-state index contributed by atoms with van der Waals surface area (Å²) in [6.45, 7) is 12.4. The van der Waals surface area contributed by atoms with Crippen molar-refractivity contribution in [3.05, 3.63) is 34.5 Å². The Hall–Kier alpha value is -1.31. The summed E-state index contributed by atoms with van der Waals surface area (Å²) in [6, 6.07) is 5.50. The van der Waals surface area contributed by atoms with Crippen molar-refractivity contribution in [3.63, 3.8) is 0 Å². The van der Waals surface area contributed by atoms with Crippen LogP contribution in [0.25, 0.3) is 10.9 Å². The van der Waals surface area contributed by atoms with Crippen molar-refractivity contribution in [2.75, 3.05) is 43.1 Å². The van der Waals surface area contributed by atoms with E-state index in [-0.39, 0.29) is 6.03 Å². The highest BCUT2D eigenvalue weighted by atomic mass is 32.2. The fraction of sp³-hybridized carbons (Fsp3) is 0.654. The number of aromatic nitrogens is 1. The molecule has 180 valence electrons. The number of piperidine rings is 1. The molecular formula is C26H38N4OS2. The van der Waals surface area contributed by atoms with Gasteiger partial charge in [0.2, 0.25) is 0 Å². The minimum absolute atomic E-state index is 0.00704. The van der Waals surface area contributed by atoms with Gasteiger partial charge in [-0.2, -0.15) is 0 Å². The minimum atomic E-state index is -0.00704. The van der Waals surface area contributed by atoms with E-state index in [1.54, 1.807) is 5.56 Å². The van der Waals surface area contributed by atoms with Crippen LogP contribution in [0, 0.1) is 6.92 Å². The Labute approximate surface area is 207 Å². The Morgan fingerprint density at radius 2 is 1.94 bits per heavy atom. The number of fused-ring (bicyclic) bond motifs is 2. The number of nitrogens with one attached hydrogen (secondary N) is 1. The van der Waals surface area contributed by atoms with Gasteiger partial charge in [-0.25, -0.2) is 10.2 Å². The molecule has 5 rings (SSSR count). The molecule has 2 aliphatic heterocycles. The Bertz CT molecular complexity index is 1020. The molecule has 7 heteroatoms. The molecule has 2 aromatic rings. The summed E-state index contributed by atoms with van der Waals surface area (Å²) in [5.41, 5.74) is 10.1. The SMILES string of the molecule is CCCN1CCC[C@@H]2c3cc(C4SCCS4)cc4c3c(c(C)n4NC(=O)N(CC)CC)C[C@H]21. The van der Waals surface area contributed by atoms with E-state index in [0.717, 1.165) is 19.5 Å². The number of hydrogen-bond acceptors (Lipinski definition) is 4. The molecule has 5 nitrogen and oxygen atoms in total. The summed E-state index contributed by atoms with van der Waals surface area (Å²) in [4.78, 5) is 17.7. The predicted molar refractivity (Wildman–Crippen MR) is 143 cm³/mol. The van der Waals surface area contributed by atoms with Gasteiger partial charge in [0.15, 0.2) is 0 Å². The molecule has 3 aliphatic rings. The molecule has 1 N–H and O–H groups in total. The highest BCUT2D eigenvalue weighted by Gasteiger charge is 2.39. The second kappa shape index (κ2) is 9.74. The number of hydrogen-bond donors (Lipinski definition) is 1. The van der Waals surface area contributed by atoms with Gasteiger partial charge in [0.1, 0.15) is 0 Å². The molecule has 1 aliphatic carbocycles. The Balaban J connectivity index is 1.65. The van der Waals surface area contributed by atoms with E-state index in [2.05, 4.69) is 64.5 Å². The second-order valence-corrected chi connectivity index (χ2v) is 12.3. The molecule has 0 saturated carbocycles. The van der Waals surface area contributed by atoms with Crippen LogP contribution in [-0.4, -0.2) is 64.2 Å². The molecular weight excluding hydrogens is 448 g/mol. The van der Waals surface area contributed by atoms with Crippen LogP contribution >= 0.6 is 23.5 Å². The van der Waals surface area contributed by atoms with Crippen LogP contribution in [0.1, 0.15) is 72.9 Å². The quantitative estimate of drug-likeness (QED) is 0.548. The van der Waals surface area contributed by atoms with Gasteiger partial charge in [-0.3, -0.25) is 9.58 Å². The van der Waals surface area contributed by atoms with E-state index in [0.29, 0.717) is 16.5 Å². The highest BCUT2D eigenvalue weighted by molar-refractivity contribution is 8.19. The molecule has 3 heterocycles. The van der Waals surface area contributed by atoms with E-state index >= 15 is 0 Å². The summed E-state index contributed by atoms with van der Waals surface area (Å²) in [5, 5.41) is 1.42. The van der Waals surface area contributed by atoms with Gasteiger partial charge in [0, 0.05) is 47.6 Å². The number of rotatable bonds is 6. The number of thioether (sulfide) groups is 2. The van der Waals surface area contributed by atoms with E-state index in [1.807, 2.05) is 18.7 Å². The smallest absolute Gasteiger partial charge is 0.324 e. The molecule has 0 unspecified atom stereocenters. The van der Waals surface area contributed by atoms with E-state index in [1.165, 1.54) is 71.6 Å². The summed E-state index contributed by atoms with van der Waals surface area (Å²) < 4.78 is 2.62. The van der Waals surface area contributed by atoms with Crippen molar-refractivity contribution in [3.8, 4) is 0 Å². The fourth-order valence-electron chi connectivity index (χ4n) is 6.26. The van der Waals surface area contributed by atoms with Gasteiger partial charge >= 0.3 is 6.03 Å². The topological polar surface area (TPSA) is 40.5 Å².